The van der Waals surface area contributed by atoms with Gasteiger partial charge in [0.05, 0.1) is 11.5 Å². The van der Waals surface area contributed by atoms with E-state index < -0.39 is 20.0 Å². The standard InChI is InChI=1S/C10H20N2O4S2/c1-2-12(10-5-8-17(13,14)9-10)18(15,16)11-6-3-4-7-11/h10H,2-9H2,1H3. The van der Waals surface area contributed by atoms with Crippen molar-refractivity contribution < 1.29 is 16.8 Å². The summed E-state index contributed by atoms with van der Waals surface area (Å²) in [6, 6.07) is -0.384. The predicted octanol–water partition coefficient (Wildman–Crippen LogP) is -0.164. The van der Waals surface area contributed by atoms with Gasteiger partial charge < -0.3 is 0 Å². The lowest BCUT2D eigenvalue weighted by Gasteiger charge is -2.30. The van der Waals surface area contributed by atoms with Gasteiger partial charge in [0.2, 0.25) is 0 Å². The Morgan fingerprint density at radius 3 is 2.33 bits per heavy atom. The summed E-state index contributed by atoms with van der Waals surface area (Å²) in [6.07, 6.45) is 2.20. The third kappa shape index (κ3) is 2.71. The molecule has 0 N–H and O–H groups in total. The zero-order chi connectivity index (χ0) is 13.4. The lowest BCUT2D eigenvalue weighted by atomic mass is 10.3. The van der Waals surface area contributed by atoms with Gasteiger partial charge in [0.15, 0.2) is 9.84 Å². The van der Waals surface area contributed by atoms with E-state index in [1.807, 2.05) is 0 Å². The van der Waals surface area contributed by atoms with E-state index in [2.05, 4.69) is 0 Å². The zero-order valence-corrected chi connectivity index (χ0v) is 12.2. The molecule has 2 fully saturated rings. The molecule has 0 spiro atoms. The number of nitrogens with zero attached hydrogens (tertiary/aromatic N) is 2. The highest BCUT2D eigenvalue weighted by Gasteiger charge is 2.40. The molecule has 0 aromatic rings. The molecule has 0 radical (unpaired) electrons. The SMILES string of the molecule is CCN(C1CCS(=O)(=O)C1)S(=O)(=O)N1CCCC1. The van der Waals surface area contributed by atoms with Crippen LogP contribution in [0.4, 0.5) is 0 Å². The largest absolute Gasteiger partial charge is 0.282 e. The Balaban J connectivity index is 2.18. The molecule has 1 atom stereocenters. The first kappa shape index (κ1) is 14.2. The van der Waals surface area contributed by atoms with Crippen LogP contribution in [0.5, 0.6) is 0 Å². The van der Waals surface area contributed by atoms with E-state index in [4.69, 9.17) is 0 Å². The minimum absolute atomic E-state index is 0.0338. The van der Waals surface area contributed by atoms with Gasteiger partial charge in [-0.1, -0.05) is 6.92 Å². The highest BCUT2D eigenvalue weighted by atomic mass is 32.2. The predicted molar refractivity (Wildman–Crippen MR) is 69.2 cm³/mol. The van der Waals surface area contributed by atoms with Crippen molar-refractivity contribution in [1.29, 1.82) is 0 Å². The van der Waals surface area contributed by atoms with Gasteiger partial charge in [-0.25, -0.2) is 8.42 Å². The minimum atomic E-state index is -3.48. The van der Waals surface area contributed by atoms with Gasteiger partial charge in [-0.2, -0.15) is 17.0 Å². The van der Waals surface area contributed by atoms with E-state index >= 15 is 0 Å². The Kier molecular flexibility index (Phi) is 4.01. The van der Waals surface area contributed by atoms with Crippen molar-refractivity contribution in [3.63, 3.8) is 0 Å². The van der Waals surface area contributed by atoms with E-state index in [1.54, 1.807) is 6.92 Å². The molecular weight excluding hydrogens is 276 g/mol. The fourth-order valence-corrected chi connectivity index (χ4v) is 6.40. The number of hydrogen-bond donors (Lipinski definition) is 0. The molecule has 106 valence electrons. The summed E-state index contributed by atoms with van der Waals surface area (Å²) in [6.45, 7) is 3.20. The van der Waals surface area contributed by atoms with Crippen LogP contribution in [0.25, 0.3) is 0 Å². The average molecular weight is 296 g/mol. The van der Waals surface area contributed by atoms with Crippen LogP contribution in [-0.4, -0.2) is 62.6 Å². The van der Waals surface area contributed by atoms with E-state index in [0.717, 1.165) is 12.8 Å². The second kappa shape index (κ2) is 5.07. The second-order valence-electron chi connectivity index (χ2n) is 4.87. The molecule has 1 unspecified atom stereocenters. The fourth-order valence-electron chi connectivity index (χ4n) is 2.68. The van der Waals surface area contributed by atoms with Crippen LogP contribution in [0.3, 0.4) is 0 Å². The van der Waals surface area contributed by atoms with Crippen molar-refractivity contribution >= 4 is 20.0 Å². The first-order valence-electron chi connectivity index (χ1n) is 6.34. The zero-order valence-electron chi connectivity index (χ0n) is 10.6. The van der Waals surface area contributed by atoms with Crippen LogP contribution in [-0.2, 0) is 20.0 Å². The van der Waals surface area contributed by atoms with Crippen molar-refractivity contribution in [3.05, 3.63) is 0 Å². The Morgan fingerprint density at radius 1 is 1.28 bits per heavy atom. The molecule has 2 heterocycles. The Morgan fingerprint density at radius 2 is 1.89 bits per heavy atom. The van der Waals surface area contributed by atoms with Crippen molar-refractivity contribution in [3.8, 4) is 0 Å². The molecule has 0 saturated carbocycles. The molecule has 0 aromatic heterocycles. The molecule has 8 heteroatoms. The van der Waals surface area contributed by atoms with Gasteiger partial charge in [0, 0.05) is 25.7 Å². The third-order valence-electron chi connectivity index (χ3n) is 3.62. The van der Waals surface area contributed by atoms with Gasteiger partial charge in [-0.05, 0) is 19.3 Å². The average Bonchev–Trinajstić information content (AvgIpc) is 2.88. The molecule has 6 nitrogen and oxygen atoms in total. The summed E-state index contributed by atoms with van der Waals surface area (Å²) >= 11 is 0. The number of hydrogen-bond acceptors (Lipinski definition) is 4. The monoisotopic (exact) mass is 296 g/mol. The van der Waals surface area contributed by atoms with Crippen LogP contribution in [0.2, 0.25) is 0 Å². The topological polar surface area (TPSA) is 74.8 Å². The number of sulfone groups is 1. The van der Waals surface area contributed by atoms with E-state index in [1.165, 1.54) is 8.61 Å². The lowest BCUT2D eigenvalue weighted by molar-refractivity contribution is 0.319. The van der Waals surface area contributed by atoms with Gasteiger partial charge in [0.25, 0.3) is 10.2 Å². The molecule has 0 bridgehead atoms. The fraction of sp³-hybridized carbons (Fsp3) is 1.00. The summed E-state index contributed by atoms with van der Waals surface area (Å²) in [5.74, 6) is 0.0671. The quantitative estimate of drug-likeness (QED) is 0.722. The maximum absolute atomic E-state index is 12.4. The van der Waals surface area contributed by atoms with Crippen LogP contribution < -0.4 is 0 Å². The summed E-state index contributed by atoms with van der Waals surface area (Å²) in [5, 5.41) is 0. The molecule has 0 amide bonds. The van der Waals surface area contributed by atoms with Crippen LogP contribution in [0.1, 0.15) is 26.2 Å². The highest BCUT2D eigenvalue weighted by Crippen LogP contribution is 2.24. The molecule has 0 aliphatic carbocycles. The third-order valence-corrected chi connectivity index (χ3v) is 7.53. The molecule has 18 heavy (non-hydrogen) atoms. The van der Waals surface area contributed by atoms with Crippen molar-refractivity contribution in [2.24, 2.45) is 0 Å². The van der Waals surface area contributed by atoms with Crippen LogP contribution >= 0.6 is 0 Å². The van der Waals surface area contributed by atoms with E-state index in [0.29, 0.717) is 26.1 Å². The smallest absolute Gasteiger partial charge is 0.229 e. The van der Waals surface area contributed by atoms with Crippen molar-refractivity contribution in [1.82, 2.24) is 8.61 Å². The summed E-state index contributed by atoms with van der Waals surface area (Å²) < 4.78 is 50.6. The molecule has 2 aliphatic heterocycles. The first-order chi connectivity index (χ1) is 8.37. The maximum Gasteiger partial charge on any atom is 0.282 e. The Bertz CT molecular complexity index is 494. The lowest BCUT2D eigenvalue weighted by Crippen LogP contribution is -2.48. The van der Waals surface area contributed by atoms with E-state index in [-0.39, 0.29) is 17.5 Å². The Hall–Kier alpha value is -0.180. The molecule has 2 saturated heterocycles. The first-order valence-corrected chi connectivity index (χ1v) is 9.56. The maximum atomic E-state index is 12.4. The van der Waals surface area contributed by atoms with Crippen molar-refractivity contribution in [2.75, 3.05) is 31.1 Å². The summed E-state index contributed by atoms with van der Waals surface area (Å²) in [4.78, 5) is 0. The molecule has 2 aliphatic rings. The second-order valence-corrected chi connectivity index (χ2v) is 8.98. The molecular formula is C10H20N2O4S2. The normalized spacial score (nSPS) is 29.1. The minimum Gasteiger partial charge on any atom is -0.229 e. The number of rotatable bonds is 4. The van der Waals surface area contributed by atoms with E-state index in [9.17, 15) is 16.8 Å². The molecule has 0 aromatic carbocycles. The molecule has 2 rings (SSSR count). The summed E-state index contributed by atoms with van der Waals surface area (Å²) in [5.41, 5.74) is 0. The van der Waals surface area contributed by atoms with Gasteiger partial charge in [0.1, 0.15) is 0 Å². The summed E-state index contributed by atoms with van der Waals surface area (Å²) in [7, 11) is -6.54. The van der Waals surface area contributed by atoms with Gasteiger partial charge >= 0.3 is 0 Å². The van der Waals surface area contributed by atoms with Crippen LogP contribution in [0.15, 0.2) is 0 Å². The van der Waals surface area contributed by atoms with Gasteiger partial charge in [-0.3, -0.25) is 0 Å². The van der Waals surface area contributed by atoms with Gasteiger partial charge in [-0.15, -0.1) is 0 Å². The van der Waals surface area contributed by atoms with Crippen LogP contribution in [0, 0.1) is 0 Å². The van der Waals surface area contributed by atoms with Crippen molar-refractivity contribution in [2.45, 2.75) is 32.2 Å². The Labute approximate surface area is 109 Å². The highest BCUT2D eigenvalue weighted by molar-refractivity contribution is 7.91.